The van der Waals surface area contributed by atoms with Crippen LogP contribution in [0.1, 0.15) is 11.3 Å². The number of nitrogens with zero attached hydrogens (tertiary/aromatic N) is 1. The number of aromatic nitrogens is 1. The maximum Gasteiger partial charge on any atom is 0.125 e. The minimum Gasteiger partial charge on any atom is -0.379 e. The van der Waals surface area contributed by atoms with Gasteiger partial charge in [0.15, 0.2) is 0 Å². The van der Waals surface area contributed by atoms with E-state index in [0.29, 0.717) is 6.54 Å². The van der Waals surface area contributed by atoms with Gasteiger partial charge in [-0.2, -0.15) is 0 Å². The van der Waals surface area contributed by atoms with Gasteiger partial charge in [-0.05, 0) is 36.8 Å². The third-order valence-corrected chi connectivity index (χ3v) is 2.40. The van der Waals surface area contributed by atoms with Crippen LogP contribution in [-0.2, 0) is 6.54 Å². The predicted octanol–water partition coefficient (Wildman–Crippen LogP) is 3.14. The number of benzene rings is 1. The SMILES string of the molecule is Cc1cccnc1CNc1cccc(F)c1. The lowest BCUT2D eigenvalue weighted by Crippen LogP contribution is -2.03. The average Bonchev–Trinajstić information content (AvgIpc) is 2.28. The molecule has 0 radical (unpaired) electrons. The average molecular weight is 216 g/mol. The topological polar surface area (TPSA) is 24.9 Å². The fourth-order valence-electron chi connectivity index (χ4n) is 1.49. The Labute approximate surface area is 94.2 Å². The standard InChI is InChI=1S/C13H13FN2/c1-10-4-3-7-15-13(10)9-16-12-6-2-5-11(14)8-12/h2-8,16H,9H2,1H3. The Morgan fingerprint density at radius 3 is 2.88 bits per heavy atom. The summed E-state index contributed by atoms with van der Waals surface area (Å²) < 4.78 is 12.9. The summed E-state index contributed by atoms with van der Waals surface area (Å²) in [6, 6.07) is 10.3. The molecule has 1 heterocycles. The molecule has 82 valence electrons. The molecule has 0 spiro atoms. The largest absolute Gasteiger partial charge is 0.379 e. The highest BCUT2D eigenvalue weighted by Gasteiger charge is 1.99. The van der Waals surface area contributed by atoms with Gasteiger partial charge in [0.05, 0.1) is 12.2 Å². The molecule has 0 unspecified atom stereocenters. The normalized spacial score (nSPS) is 10.1. The first kappa shape index (κ1) is 10.6. The number of aryl methyl sites for hydroxylation is 1. The summed E-state index contributed by atoms with van der Waals surface area (Å²) >= 11 is 0. The van der Waals surface area contributed by atoms with Crippen molar-refractivity contribution in [3.8, 4) is 0 Å². The zero-order chi connectivity index (χ0) is 11.4. The molecule has 0 aliphatic heterocycles. The van der Waals surface area contributed by atoms with Crippen LogP contribution < -0.4 is 5.32 Å². The fraction of sp³-hybridized carbons (Fsp3) is 0.154. The Hall–Kier alpha value is -1.90. The van der Waals surface area contributed by atoms with Crippen LogP contribution in [0.25, 0.3) is 0 Å². The Bertz CT molecular complexity index is 483. The quantitative estimate of drug-likeness (QED) is 0.852. The smallest absolute Gasteiger partial charge is 0.125 e. The number of halogens is 1. The van der Waals surface area contributed by atoms with Crippen molar-refractivity contribution in [2.75, 3.05) is 5.32 Å². The molecule has 2 nitrogen and oxygen atoms in total. The second-order valence-electron chi connectivity index (χ2n) is 3.63. The van der Waals surface area contributed by atoms with E-state index in [2.05, 4.69) is 10.3 Å². The van der Waals surface area contributed by atoms with Gasteiger partial charge in [0.25, 0.3) is 0 Å². The van der Waals surface area contributed by atoms with Crippen molar-refractivity contribution in [3.63, 3.8) is 0 Å². The van der Waals surface area contributed by atoms with Gasteiger partial charge < -0.3 is 5.32 Å². The molecule has 0 aliphatic rings. The second kappa shape index (κ2) is 4.75. The van der Waals surface area contributed by atoms with Gasteiger partial charge in [-0.15, -0.1) is 0 Å². The molecule has 16 heavy (non-hydrogen) atoms. The lowest BCUT2D eigenvalue weighted by atomic mass is 10.2. The van der Waals surface area contributed by atoms with Crippen LogP contribution in [0.4, 0.5) is 10.1 Å². The first-order valence-corrected chi connectivity index (χ1v) is 5.15. The molecular formula is C13H13FN2. The van der Waals surface area contributed by atoms with Crippen molar-refractivity contribution in [2.24, 2.45) is 0 Å². The third-order valence-electron chi connectivity index (χ3n) is 2.40. The summed E-state index contributed by atoms with van der Waals surface area (Å²) in [7, 11) is 0. The lowest BCUT2D eigenvalue weighted by molar-refractivity contribution is 0.628. The van der Waals surface area contributed by atoms with Gasteiger partial charge in [-0.25, -0.2) is 4.39 Å². The molecule has 0 atom stereocenters. The summed E-state index contributed by atoms with van der Waals surface area (Å²) in [5, 5.41) is 3.14. The lowest BCUT2D eigenvalue weighted by Gasteiger charge is -2.07. The first-order valence-electron chi connectivity index (χ1n) is 5.15. The van der Waals surface area contributed by atoms with Crippen LogP contribution in [0.15, 0.2) is 42.6 Å². The molecule has 2 rings (SSSR count). The molecule has 1 aromatic heterocycles. The summed E-state index contributed by atoms with van der Waals surface area (Å²) in [6.45, 7) is 2.62. The van der Waals surface area contributed by atoms with Gasteiger partial charge in [-0.3, -0.25) is 4.98 Å². The van der Waals surface area contributed by atoms with Crippen LogP contribution in [0.5, 0.6) is 0 Å². The minimum absolute atomic E-state index is 0.234. The highest BCUT2D eigenvalue weighted by atomic mass is 19.1. The summed E-state index contributed by atoms with van der Waals surface area (Å²) in [4.78, 5) is 4.26. The Balaban J connectivity index is 2.05. The summed E-state index contributed by atoms with van der Waals surface area (Å²) in [5.41, 5.74) is 2.88. The van der Waals surface area contributed by atoms with Crippen LogP contribution in [-0.4, -0.2) is 4.98 Å². The van der Waals surface area contributed by atoms with E-state index in [4.69, 9.17) is 0 Å². The first-order chi connectivity index (χ1) is 7.75. The van der Waals surface area contributed by atoms with E-state index in [0.717, 1.165) is 16.9 Å². The Morgan fingerprint density at radius 1 is 1.25 bits per heavy atom. The molecule has 0 bridgehead atoms. The molecule has 1 aromatic carbocycles. The summed E-state index contributed by atoms with van der Waals surface area (Å²) in [6.07, 6.45) is 1.76. The van der Waals surface area contributed by atoms with Crippen molar-refractivity contribution in [1.82, 2.24) is 4.98 Å². The maximum atomic E-state index is 12.9. The van der Waals surface area contributed by atoms with E-state index in [-0.39, 0.29) is 5.82 Å². The highest BCUT2D eigenvalue weighted by molar-refractivity contribution is 5.43. The van der Waals surface area contributed by atoms with E-state index >= 15 is 0 Å². The van der Waals surface area contributed by atoms with E-state index < -0.39 is 0 Å². The van der Waals surface area contributed by atoms with E-state index in [1.807, 2.05) is 25.1 Å². The van der Waals surface area contributed by atoms with Crippen molar-refractivity contribution >= 4 is 5.69 Å². The minimum atomic E-state index is -0.234. The van der Waals surface area contributed by atoms with Crippen molar-refractivity contribution in [2.45, 2.75) is 13.5 Å². The Kier molecular flexibility index (Phi) is 3.15. The van der Waals surface area contributed by atoms with E-state index in [1.54, 1.807) is 12.3 Å². The number of hydrogen-bond acceptors (Lipinski definition) is 2. The molecule has 0 aliphatic carbocycles. The van der Waals surface area contributed by atoms with Gasteiger partial charge in [0, 0.05) is 11.9 Å². The van der Waals surface area contributed by atoms with Crippen LogP contribution in [0, 0.1) is 12.7 Å². The third kappa shape index (κ3) is 2.57. The van der Waals surface area contributed by atoms with Crippen LogP contribution in [0.2, 0.25) is 0 Å². The van der Waals surface area contributed by atoms with E-state index in [1.165, 1.54) is 12.1 Å². The predicted molar refractivity (Wildman–Crippen MR) is 62.7 cm³/mol. The van der Waals surface area contributed by atoms with Gasteiger partial charge in [0.1, 0.15) is 5.82 Å². The van der Waals surface area contributed by atoms with Gasteiger partial charge >= 0.3 is 0 Å². The fourth-order valence-corrected chi connectivity index (χ4v) is 1.49. The van der Waals surface area contributed by atoms with Crippen LogP contribution in [0.3, 0.4) is 0 Å². The number of rotatable bonds is 3. The monoisotopic (exact) mass is 216 g/mol. The van der Waals surface area contributed by atoms with Crippen molar-refractivity contribution in [3.05, 3.63) is 59.7 Å². The zero-order valence-electron chi connectivity index (χ0n) is 9.07. The second-order valence-corrected chi connectivity index (χ2v) is 3.63. The molecule has 0 amide bonds. The van der Waals surface area contributed by atoms with E-state index in [9.17, 15) is 4.39 Å². The molecule has 0 fully saturated rings. The number of nitrogens with one attached hydrogen (secondary N) is 1. The zero-order valence-corrected chi connectivity index (χ0v) is 9.07. The maximum absolute atomic E-state index is 12.9. The number of anilines is 1. The van der Waals surface area contributed by atoms with Gasteiger partial charge in [0.2, 0.25) is 0 Å². The molecule has 3 heteroatoms. The molecule has 1 N–H and O–H groups in total. The molecule has 0 saturated carbocycles. The highest BCUT2D eigenvalue weighted by Crippen LogP contribution is 2.11. The summed E-state index contributed by atoms with van der Waals surface area (Å²) in [5.74, 6) is -0.234. The number of pyridine rings is 1. The van der Waals surface area contributed by atoms with Crippen molar-refractivity contribution < 1.29 is 4.39 Å². The Morgan fingerprint density at radius 2 is 2.12 bits per heavy atom. The molecule has 0 saturated heterocycles. The number of hydrogen-bond donors (Lipinski definition) is 1. The van der Waals surface area contributed by atoms with Crippen molar-refractivity contribution in [1.29, 1.82) is 0 Å². The van der Waals surface area contributed by atoms with Crippen LogP contribution >= 0.6 is 0 Å². The molecular weight excluding hydrogens is 203 g/mol. The molecule has 2 aromatic rings. The van der Waals surface area contributed by atoms with Gasteiger partial charge in [-0.1, -0.05) is 12.1 Å².